The summed E-state index contributed by atoms with van der Waals surface area (Å²) in [5, 5.41) is 15.2. The molecule has 3 rings (SSSR count). The molecule has 2 N–H and O–H groups in total. The zero-order valence-corrected chi connectivity index (χ0v) is 17.3. The number of carbonyl (C=O) groups is 2. The van der Waals surface area contributed by atoms with Crippen molar-refractivity contribution >= 4 is 17.6 Å². The van der Waals surface area contributed by atoms with Crippen molar-refractivity contribution in [3.8, 4) is 0 Å². The van der Waals surface area contributed by atoms with Gasteiger partial charge in [0.05, 0.1) is 0 Å². The summed E-state index contributed by atoms with van der Waals surface area (Å²) >= 11 is 0. The average Bonchev–Trinajstić information content (AvgIpc) is 2.88. The van der Waals surface area contributed by atoms with Crippen LogP contribution in [0, 0.1) is 0 Å². The number of unbranched alkanes of at least 4 members (excludes halogenated alkanes) is 3. The topological polar surface area (TPSA) is 72.9 Å². The van der Waals surface area contributed by atoms with Crippen LogP contribution < -0.4 is 5.32 Å². The Kier molecular flexibility index (Phi) is 5.98. The van der Waals surface area contributed by atoms with Crippen molar-refractivity contribution in [1.29, 1.82) is 0 Å². The molecule has 0 unspecified atom stereocenters. The summed E-state index contributed by atoms with van der Waals surface area (Å²) < 4.78 is 0. The van der Waals surface area contributed by atoms with Crippen LogP contribution in [0.3, 0.4) is 0 Å². The van der Waals surface area contributed by atoms with Gasteiger partial charge in [0.2, 0.25) is 5.72 Å². The zero-order valence-electron chi connectivity index (χ0n) is 17.3. The first-order valence-electron chi connectivity index (χ1n) is 10.7. The van der Waals surface area contributed by atoms with E-state index >= 15 is 0 Å². The summed E-state index contributed by atoms with van der Waals surface area (Å²) in [7, 11) is 0. The smallest absolute Gasteiger partial charge is 0.323 e. The minimum atomic E-state index is -1.65. The van der Waals surface area contributed by atoms with E-state index in [2.05, 4.69) is 26.1 Å². The molecule has 0 aliphatic carbocycles. The highest BCUT2D eigenvalue weighted by atomic mass is 16.3. The van der Waals surface area contributed by atoms with Crippen LogP contribution in [0.15, 0.2) is 24.3 Å². The van der Waals surface area contributed by atoms with Crippen molar-refractivity contribution in [3.63, 3.8) is 0 Å². The second-order valence-electron chi connectivity index (χ2n) is 7.93. The van der Waals surface area contributed by atoms with Crippen LogP contribution in [0.4, 0.5) is 10.5 Å². The van der Waals surface area contributed by atoms with Gasteiger partial charge in [0.15, 0.2) is 5.54 Å². The molecule has 28 heavy (non-hydrogen) atoms. The fourth-order valence-electron chi connectivity index (χ4n) is 4.66. The van der Waals surface area contributed by atoms with E-state index < -0.39 is 11.3 Å². The molecule has 6 nitrogen and oxygen atoms in total. The van der Waals surface area contributed by atoms with Gasteiger partial charge in [-0.3, -0.25) is 9.69 Å². The maximum atomic E-state index is 13.5. The van der Waals surface area contributed by atoms with Crippen molar-refractivity contribution in [2.24, 2.45) is 0 Å². The molecule has 1 aromatic carbocycles. The highest BCUT2D eigenvalue weighted by Gasteiger charge is 2.72. The van der Waals surface area contributed by atoms with E-state index in [0.29, 0.717) is 30.8 Å². The summed E-state index contributed by atoms with van der Waals surface area (Å²) in [6.45, 7) is 7.09. The molecule has 2 heterocycles. The molecule has 0 bridgehead atoms. The number of nitrogens with one attached hydrogen (secondary N) is 1. The zero-order chi connectivity index (χ0) is 20.4. The molecule has 2 atom stereocenters. The Balaban J connectivity index is 2.22. The third-order valence-electron chi connectivity index (χ3n) is 6.18. The van der Waals surface area contributed by atoms with Crippen molar-refractivity contribution in [1.82, 2.24) is 9.80 Å². The summed E-state index contributed by atoms with van der Waals surface area (Å²) in [6.07, 6.45) is 5.49. The van der Waals surface area contributed by atoms with Gasteiger partial charge in [-0.15, -0.1) is 0 Å². The summed E-state index contributed by atoms with van der Waals surface area (Å²) in [4.78, 5) is 30.3. The average molecular weight is 388 g/mol. The fraction of sp³-hybridized carbons (Fsp3) is 0.636. The van der Waals surface area contributed by atoms with Crippen molar-refractivity contribution in [2.75, 3.05) is 18.4 Å². The Morgan fingerprint density at radius 3 is 2.18 bits per heavy atom. The molecular weight excluding hydrogens is 354 g/mol. The first-order chi connectivity index (χ1) is 13.5. The van der Waals surface area contributed by atoms with Crippen LogP contribution in [0.1, 0.15) is 71.3 Å². The van der Waals surface area contributed by atoms with E-state index in [1.807, 2.05) is 18.2 Å². The number of rotatable bonds is 9. The van der Waals surface area contributed by atoms with E-state index in [-0.39, 0.29) is 11.9 Å². The van der Waals surface area contributed by atoms with E-state index in [1.54, 1.807) is 15.9 Å². The van der Waals surface area contributed by atoms with Crippen LogP contribution in [0.5, 0.6) is 0 Å². The third-order valence-corrected chi connectivity index (χ3v) is 6.18. The number of anilines is 1. The number of carbonyl (C=O) groups excluding carboxylic acids is 2. The Bertz CT molecular complexity index is 737. The van der Waals surface area contributed by atoms with Crippen molar-refractivity contribution in [3.05, 3.63) is 29.8 Å². The van der Waals surface area contributed by atoms with Crippen molar-refractivity contribution in [2.45, 2.75) is 77.0 Å². The number of hydrogen-bond acceptors (Lipinski definition) is 3. The lowest BCUT2D eigenvalue weighted by molar-refractivity contribution is -0.166. The van der Waals surface area contributed by atoms with Crippen molar-refractivity contribution < 1.29 is 14.7 Å². The van der Waals surface area contributed by atoms with Crippen LogP contribution in [-0.2, 0) is 10.5 Å². The van der Waals surface area contributed by atoms with Gasteiger partial charge in [0, 0.05) is 24.3 Å². The molecule has 0 radical (unpaired) electrons. The molecule has 1 saturated heterocycles. The van der Waals surface area contributed by atoms with Gasteiger partial charge in [0.1, 0.15) is 0 Å². The molecule has 1 aromatic rings. The number of urea groups is 1. The maximum absolute atomic E-state index is 13.5. The number of para-hydroxylation sites is 1. The normalized spacial score (nSPS) is 26.3. The van der Waals surface area contributed by atoms with E-state index in [1.165, 1.54) is 0 Å². The minimum absolute atomic E-state index is 0.229. The Hall–Kier alpha value is -2.08. The quantitative estimate of drug-likeness (QED) is 0.671. The molecule has 2 aliphatic rings. The molecule has 0 saturated carbocycles. The minimum Gasteiger partial charge on any atom is -0.364 e. The summed E-state index contributed by atoms with van der Waals surface area (Å²) in [6, 6.07) is 7.10. The van der Waals surface area contributed by atoms with Gasteiger partial charge >= 0.3 is 6.03 Å². The van der Waals surface area contributed by atoms with Crippen LogP contribution >= 0.6 is 0 Å². The largest absolute Gasteiger partial charge is 0.364 e. The Morgan fingerprint density at radius 2 is 1.54 bits per heavy atom. The Labute approximate surface area is 167 Å². The Morgan fingerprint density at radius 1 is 0.929 bits per heavy atom. The van der Waals surface area contributed by atoms with E-state index in [9.17, 15) is 14.7 Å². The lowest BCUT2D eigenvalue weighted by Gasteiger charge is -2.49. The van der Waals surface area contributed by atoms with Crippen LogP contribution in [-0.4, -0.2) is 45.5 Å². The van der Waals surface area contributed by atoms with Gasteiger partial charge in [-0.25, -0.2) is 4.79 Å². The predicted octanol–water partition coefficient (Wildman–Crippen LogP) is 4.05. The highest BCUT2D eigenvalue weighted by molar-refractivity contribution is 6.07. The van der Waals surface area contributed by atoms with Gasteiger partial charge in [-0.05, 0) is 25.3 Å². The summed E-state index contributed by atoms with van der Waals surface area (Å²) in [5.41, 5.74) is -1.73. The lowest BCUT2D eigenvalue weighted by Crippen LogP contribution is -2.68. The van der Waals surface area contributed by atoms with Gasteiger partial charge in [-0.1, -0.05) is 64.7 Å². The first kappa shape index (κ1) is 20.6. The second kappa shape index (κ2) is 8.11. The van der Waals surface area contributed by atoms with Gasteiger partial charge in [0.25, 0.3) is 5.91 Å². The predicted molar refractivity (Wildman–Crippen MR) is 110 cm³/mol. The number of benzene rings is 1. The maximum Gasteiger partial charge on any atom is 0.323 e. The third kappa shape index (κ3) is 2.81. The van der Waals surface area contributed by atoms with E-state index in [0.717, 1.165) is 38.5 Å². The fourth-order valence-corrected chi connectivity index (χ4v) is 4.66. The lowest BCUT2D eigenvalue weighted by atomic mass is 9.73. The number of hydrogen-bond donors (Lipinski definition) is 2. The summed E-state index contributed by atoms with van der Waals surface area (Å²) in [5.74, 6) is -0.273. The van der Waals surface area contributed by atoms with Crippen LogP contribution in [0.25, 0.3) is 0 Å². The SMILES string of the molecule is CCCCN1C(=O)N(CCCC)[C@@]2(O)c3ccccc3NC(=O)[C@@]12CCCC. The number of aliphatic hydroxyl groups is 1. The molecule has 0 aromatic heterocycles. The van der Waals surface area contributed by atoms with Gasteiger partial charge < -0.3 is 15.3 Å². The number of nitrogens with zero attached hydrogens (tertiary/aromatic N) is 2. The van der Waals surface area contributed by atoms with E-state index in [4.69, 9.17) is 0 Å². The van der Waals surface area contributed by atoms with Crippen LogP contribution in [0.2, 0.25) is 0 Å². The molecule has 0 spiro atoms. The molecule has 1 fully saturated rings. The molecule has 3 amide bonds. The number of fused-ring (bicyclic) bond motifs is 3. The molecule has 2 aliphatic heterocycles. The molecule has 154 valence electrons. The number of amides is 3. The standard InChI is InChI=1S/C22H33N3O3/c1-4-7-14-21-19(26)23-18-13-11-10-12-17(18)22(21,28)25(16-9-6-3)20(27)24(21)15-8-5-2/h10-13,28H,4-9,14-16H2,1-3H3,(H,23,26)/t21-,22-/m1/s1. The monoisotopic (exact) mass is 387 g/mol. The second-order valence-corrected chi connectivity index (χ2v) is 7.93. The molecular formula is C22H33N3O3. The first-order valence-corrected chi connectivity index (χ1v) is 10.7. The highest BCUT2D eigenvalue weighted by Crippen LogP contribution is 2.54. The molecule has 6 heteroatoms. The van der Waals surface area contributed by atoms with Gasteiger partial charge in [-0.2, -0.15) is 0 Å².